The number of aromatic nitrogens is 2. The molecule has 1 fully saturated rings. The molecule has 1 saturated heterocycles. The van der Waals surface area contributed by atoms with E-state index in [0.717, 1.165) is 41.3 Å². The van der Waals surface area contributed by atoms with Crippen LogP contribution >= 0.6 is 11.6 Å². The first-order chi connectivity index (χ1) is 14.1. The molecule has 0 atom stereocenters. The summed E-state index contributed by atoms with van der Waals surface area (Å²) in [5.41, 5.74) is 3.89. The Morgan fingerprint density at radius 2 is 1.66 bits per heavy atom. The molecule has 0 spiro atoms. The van der Waals surface area contributed by atoms with Crippen molar-refractivity contribution < 1.29 is 4.79 Å². The quantitative estimate of drug-likeness (QED) is 0.657. The summed E-state index contributed by atoms with van der Waals surface area (Å²) in [6.07, 6.45) is 0.457. The zero-order valence-electron chi connectivity index (χ0n) is 16.4. The van der Waals surface area contributed by atoms with Crippen LogP contribution in [-0.2, 0) is 11.2 Å². The van der Waals surface area contributed by atoms with E-state index in [1.54, 1.807) is 0 Å². The number of anilines is 1. The van der Waals surface area contributed by atoms with Gasteiger partial charge in [0.25, 0.3) is 0 Å². The molecular formula is C23H23ClN4O. The van der Waals surface area contributed by atoms with Crippen LogP contribution in [0.2, 0.25) is 5.02 Å². The van der Waals surface area contributed by atoms with Gasteiger partial charge in [0.05, 0.1) is 17.1 Å². The highest BCUT2D eigenvalue weighted by atomic mass is 35.5. The second kappa shape index (κ2) is 8.62. The molecule has 1 aliphatic rings. The number of rotatable bonds is 4. The Labute approximate surface area is 175 Å². The standard InChI is InChI=1S/C23H23ClN4O/c1-17-6-2-3-7-18(17)16-23(29)28-14-12-27(13-15-28)22-11-10-21(25-26-22)19-8-4-5-9-20(19)24/h2-11H,12-16H2,1H3. The van der Waals surface area contributed by atoms with Gasteiger partial charge in [-0.05, 0) is 36.2 Å². The van der Waals surface area contributed by atoms with Crippen LogP contribution in [-0.4, -0.2) is 47.2 Å². The summed E-state index contributed by atoms with van der Waals surface area (Å²) in [7, 11) is 0. The van der Waals surface area contributed by atoms with E-state index in [9.17, 15) is 4.79 Å². The lowest BCUT2D eigenvalue weighted by molar-refractivity contribution is -0.130. The minimum absolute atomic E-state index is 0.180. The summed E-state index contributed by atoms with van der Waals surface area (Å²) >= 11 is 6.25. The van der Waals surface area contributed by atoms with Crippen LogP contribution in [0.3, 0.4) is 0 Å². The molecule has 0 aliphatic carbocycles. The summed E-state index contributed by atoms with van der Waals surface area (Å²) in [5.74, 6) is 1.01. The largest absolute Gasteiger partial charge is 0.352 e. The summed E-state index contributed by atoms with van der Waals surface area (Å²) in [5, 5.41) is 9.39. The smallest absolute Gasteiger partial charge is 0.227 e. The second-order valence-electron chi connectivity index (χ2n) is 7.23. The number of carbonyl (C=O) groups is 1. The second-order valence-corrected chi connectivity index (χ2v) is 7.63. The number of hydrogen-bond donors (Lipinski definition) is 0. The molecule has 2 aromatic carbocycles. The molecule has 2 heterocycles. The van der Waals surface area contributed by atoms with Gasteiger partial charge in [-0.1, -0.05) is 54.1 Å². The first-order valence-corrected chi connectivity index (χ1v) is 10.2. The van der Waals surface area contributed by atoms with Crippen LogP contribution < -0.4 is 4.90 Å². The van der Waals surface area contributed by atoms with E-state index >= 15 is 0 Å². The Hall–Kier alpha value is -2.92. The topological polar surface area (TPSA) is 49.3 Å². The highest BCUT2D eigenvalue weighted by Gasteiger charge is 2.22. The minimum atomic E-state index is 0.180. The van der Waals surface area contributed by atoms with E-state index < -0.39 is 0 Å². The molecule has 0 unspecified atom stereocenters. The highest BCUT2D eigenvalue weighted by molar-refractivity contribution is 6.33. The average Bonchev–Trinajstić information content (AvgIpc) is 2.76. The predicted molar refractivity (Wildman–Crippen MR) is 116 cm³/mol. The Morgan fingerprint density at radius 1 is 0.931 bits per heavy atom. The van der Waals surface area contributed by atoms with Gasteiger partial charge in [0.15, 0.2) is 5.82 Å². The Bertz CT molecular complexity index is 998. The van der Waals surface area contributed by atoms with Gasteiger partial charge < -0.3 is 9.80 Å². The molecule has 148 valence electrons. The third-order valence-corrected chi connectivity index (χ3v) is 5.69. The summed E-state index contributed by atoms with van der Waals surface area (Å²) in [6, 6.07) is 19.6. The lowest BCUT2D eigenvalue weighted by atomic mass is 10.1. The van der Waals surface area contributed by atoms with Crippen LogP contribution in [0.5, 0.6) is 0 Å². The SMILES string of the molecule is Cc1ccccc1CC(=O)N1CCN(c2ccc(-c3ccccc3Cl)nn2)CC1. The molecule has 3 aromatic rings. The fourth-order valence-corrected chi connectivity index (χ4v) is 3.81. The molecule has 5 nitrogen and oxygen atoms in total. The lowest BCUT2D eigenvalue weighted by Crippen LogP contribution is -2.49. The number of carbonyl (C=O) groups excluding carboxylic acids is 1. The molecule has 0 saturated carbocycles. The first kappa shape index (κ1) is 19.4. The van der Waals surface area contributed by atoms with Crippen LogP contribution in [0.15, 0.2) is 60.7 Å². The van der Waals surface area contributed by atoms with Crippen molar-refractivity contribution in [3.63, 3.8) is 0 Å². The van der Waals surface area contributed by atoms with Gasteiger partial charge in [0, 0.05) is 31.7 Å². The average molecular weight is 407 g/mol. The molecule has 1 aromatic heterocycles. The first-order valence-electron chi connectivity index (χ1n) is 9.77. The van der Waals surface area contributed by atoms with Gasteiger partial charge in [-0.25, -0.2) is 0 Å². The van der Waals surface area contributed by atoms with Crippen LogP contribution in [0.4, 0.5) is 5.82 Å². The fraction of sp³-hybridized carbons (Fsp3) is 0.261. The number of amides is 1. The Kier molecular flexibility index (Phi) is 5.76. The van der Waals surface area contributed by atoms with E-state index in [2.05, 4.69) is 15.1 Å². The van der Waals surface area contributed by atoms with Crippen molar-refractivity contribution >= 4 is 23.3 Å². The van der Waals surface area contributed by atoms with Gasteiger partial charge in [0.1, 0.15) is 0 Å². The van der Waals surface area contributed by atoms with Crippen molar-refractivity contribution in [2.75, 3.05) is 31.1 Å². The van der Waals surface area contributed by atoms with Crippen molar-refractivity contribution in [3.8, 4) is 11.3 Å². The van der Waals surface area contributed by atoms with Crippen molar-refractivity contribution in [1.29, 1.82) is 0 Å². The molecule has 1 amide bonds. The van der Waals surface area contributed by atoms with Crippen molar-refractivity contribution in [3.05, 3.63) is 76.8 Å². The van der Waals surface area contributed by atoms with Gasteiger partial charge in [-0.3, -0.25) is 4.79 Å². The van der Waals surface area contributed by atoms with E-state index in [4.69, 9.17) is 11.6 Å². The number of piperazine rings is 1. The Morgan fingerprint density at radius 3 is 2.34 bits per heavy atom. The highest BCUT2D eigenvalue weighted by Crippen LogP contribution is 2.26. The summed E-state index contributed by atoms with van der Waals surface area (Å²) in [6.45, 7) is 4.93. The molecule has 6 heteroatoms. The normalized spacial score (nSPS) is 14.1. The van der Waals surface area contributed by atoms with Crippen molar-refractivity contribution in [2.24, 2.45) is 0 Å². The molecule has 0 N–H and O–H groups in total. The van der Waals surface area contributed by atoms with E-state index in [-0.39, 0.29) is 5.91 Å². The maximum absolute atomic E-state index is 12.7. The van der Waals surface area contributed by atoms with Gasteiger partial charge in [-0.15, -0.1) is 10.2 Å². The van der Waals surface area contributed by atoms with E-state index in [0.29, 0.717) is 24.5 Å². The van der Waals surface area contributed by atoms with Crippen molar-refractivity contribution in [2.45, 2.75) is 13.3 Å². The van der Waals surface area contributed by atoms with E-state index in [1.807, 2.05) is 72.5 Å². The molecule has 4 rings (SSSR count). The Balaban J connectivity index is 1.36. The van der Waals surface area contributed by atoms with Crippen LogP contribution in [0.1, 0.15) is 11.1 Å². The predicted octanol–water partition coefficient (Wildman–Crippen LogP) is 4.00. The number of nitrogens with zero attached hydrogens (tertiary/aromatic N) is 4. The third kappa shape index (κ3) is 4.40. The third-order valence-electron chi connectivity index (χ3n) is 5.36. The summed E-state index contributed by atoms with van der Waals surface area (Å²) < 4.78 is 0. The van der Waals surface area contributed by atoms with Crippen LogP contribution in [0, 0.1) is 6.92 Å². The molecule has 29 heavy (non-hydrogen) atoms. The van der Waals surface area contributed by atoms with Gasteiger partial charge in [-0.2, -0.15) is 0 Å². The zero-order chi connectivity index (χ0) is 20.2. The number of hydrogen-bond acceptors (Lipinski definition) is 4. The monoisotopic (exact) mass is 406 g/mol. The fourth-order valence-electron chi connectivity index (χ4n) is 3.57. The molecule has 0 radical (unpaired) electrons. The van der Waals surface area contributed by atoms with Crippen molar-refractivity contribution in [1.82, 2.24) is 15.1 Å². The molecule has 1 aliphatic heterocycles. The molecule has 0 bridgehead atoms. The zero-order valence-corrected chi connectivity index (χ0v) is 17.1. The maximum Gasteiger partial charge on any atom is 0.227 e. The van der Waals surface area contributed by atoms with Crippen LogP contribution in [0.25, 0.3) is 11.3 Å². The van der Waals surface area contributed by atoms with Gasteiger partial charge >= 0.3 is 0 Å². The number of aryl methyl sites for hydroxylation is 1. The molecular weight excluding hydrogens is 384 g/mol. The summed E-state index contributed by atoms with van der Waals surface area (Å²) in [4.78, 5) is 16.8. The number of halogens is 1. The lowest BCUT2D eigenvalue weighted by Gasteiger charge is -2.35. The van der Waals surface area contributed by atoms with E-state index in [1.165, 1.54) is 0 Å². The van der Waals surface area contributed by atoms with Gasteiger partial charge in [0.2, 0.25) is 5.91 Å². The maximum atomic E-state index is 12.7. The number of benzene rings is 2. The minimum Gasteiger partial charge on any atom is -0.352 e.